The molecule has 2 bridgehead atoms. The largest absolute Gasteiger partial charge is 0.508 e. The molecule has 33 heavy (non-hydrogen) atoms. The molecule has 3 N–H and O–H groups in total. The van der Waals surface area contributed by atoms with Crippen LogP contribution in [-0.4, -0.2) is 49.6 Å². The van der Waals surface area contributed by atoms with E-state index in [1.807, 2.05) is 42.5 Å². The van der Waals surface area contributed by atoms with Gasteiger partial charge in [0.2, 0.25) is 0 Å². The Bertz CT molecular complexity index is 1310. The third kappa shape index (κ3) is 2.65. The molecule has 4 aliphatic rings. The molecule has 1 unspecified atom stereocenters. The van der Waals surface area contributed by atoms with Gasteiger partial charge in [0.15, 0.2) is 0 Å². The second-order valence-electron chi connectivity index (χ2n) is 10.7. The maximum atomic E-state index is 13.5. The maximum Gasteiger partial charge on any atom is 0.274 e. The van der Waals surface area contributed by atoms with Gasteiger partial charge in [-0.05, 0) is 73.5 Å². The number of hydrogen-bond donors (Lipinski definition) is 3. The van der Waals surface area contributed by atoms with Gasteiger partial charge in [0.1, 0.15) is 5.75 Å². The van der Waals surface area contributed by atoms with Crippen LogP contribution in [0.15, 0.2) is 53.3 Å². The Morgan fingerprint density at radius 2 is 1.91 bits per heavy atom. The van der Waals surface area contributed by atoms with Crippen LogP contribution in [0.1, 0.15) is 41.6 Å². The highest BCUT2D eigenvalue weighted by atomic mass is 16.3. The fraction of sp³-hybridized carbons (Fsp3) is 0.444. The molecule has 0 radical (unpaired) electrons. The minimum absolute atomic E-state index is 0.0171. The molecule has 0 amide bonds. The number of aromatic hydroxyl groups is 1. The number of nitrogens with one attached hydrogen (secondary N) is 1. The van der Waals surface area contributed by atoms with E-state index in [9.17, 15) is 15.0 Å². The normalized spacial score (nSPS) is 30.4. The summed E-state index contributed by atoms with van der Waals surface area (Å²) in [5, 5.41) is 26.3. The number of piperidine rings is 1. The number of benzene rings is 2. The smallest absolute Gasteiger partial charge is 0.274 e. The Morgan fingerprint density at radius 1 is 1.09 bits per heavy atom. The van der Waals surface area contributed by atoms with Crippen molar-refractivity contribution in [1.82, 2.24) is 14.7 Å². The fourth-order valence-corrected chi connectivity index (χ4v) is 7.04. The Labute approximate surface area is 192 Å². The van der Waals surface area contributed by atoms with Gasteiger partial charge in [-0.15, -0.1) is 0 Å². The molecule has 7 rings (SSSR count). The van der Waals surface area contributed by atoms with Crippen molar-refractivity contribution in [2.75, 3.05) is 13.1 Å². The second-order valence-corrected chi connectivity index (χ2v) is 10.7. The summed E-state index contributed by atoms with van der Waals surface area (Å²) in [7, 11) is 0. The number of rotatable bonds is 3. The molecule has 2 heterocycles. The third-order valence-electron chi connectivity index (χ3n) is 8.87. The van der Waals surface area contributed by atoms with Crippen molar-refractivity contribution < 1.29 is 10.2 Å². The average Bonchev–Trinajstić information content (AvgIpc) is 3.58. The number of likely N-dealkylation sites (tertiary alicyclic amines) is 1. The quantitative estimate of drug-likeness (QED) is 0.581. The molecule has 3 atom stereocenters. The predicted octanol–water partition coefficient (Wildman–Crippen LogP) is 2.68. The number of H-pyrrole nitrogens is 1. The van der Waals surface area contributed by atoms with Gasteiger partial charge in [0.05, 0.1) is 11.3 Å². The van der Waals surface area contributed by atoms with Crippen molar-refractivity contribution >= 4 is 0 Å². The van der Waals surface area contributed by atoms with Crippen LogP contribution in [0.5, 0.6) is 5.75 Å². The van der Waals surface area contributed by atoms with Crippen molar-refractivity contribution in [3.63, 3.8) is 0 Å². The summed E-state index contributed by atoms with van der Waals surface area (Å²) in [6.45, 7) is 1.97. The number of fused-ring (bicyclic) bond motifs is 2. The van der Waals surface area contributed by atoms with Crippen LogP contribution in [0.3, 0.4) is 0 Å². The monoisotopic (exact) mass is 443 g/mol. The first kappa shape index (κ1) is 19.6. The first-order valence-electron chi connectivity index (χ1n) is 12.2. The lowest BCUT2D eigenvalue weighted by atomic mass is 9.49. The predicted molar refractivity (Wildman–Crippen MR) is 125 cm³/mol. The van der Waals surface area contributed by atoms with Gasteiger partial charge in [-0.3, -0.25) is 14.8 Å². The highest BCUT2D eigenvalue weighted by Gasteiger charge is 2.65. The molecule has 2 fully saturated rings. The summed E-state index contributed by atoms with van der Waals surface area (Å²) in [6.07, 6.45) is 5.06. The summed E-state index contributed by atoms with van der Waals surface area (Å²) in [4.78, 5) is 16.0. The van der Waals surface area contributed by atoms with E-state index in [-0.39, 0.29) is 17.4 Å². The van der Waals surface area contributed by atoms with E-state index in [0.29, 0.717) is 18.4 Å². The molecule has 2 aromatic carbocycles. The Kier molecular flexibility index (Phi) is 3.93. The zero-order chi connectivity index (χ0) is 22.4. The lowest BCUT2D eigenvalue weighted by Crippen LogP contribution is -2.74. The van der Waals surface area contributed by atoms with Gasteiger partial charge in [0.25, 0.3) is 5.56 Å². The number of aromatic nitrogens is 2. The highest BCUT2D eigenvalue weighted by Crippen LogP contribution is 2.57. The number of para-hydroxylation sites is 1. The van der Waals surface area contributed by atoms with Crippen molar-refractivity contribution in [1.29, 1.82) is 0 Å². The van der Waals surface area contributed by atoms with Gasteiger partial charge in [-0.25, -0.2) is 4.68 Å². The molecular weight excluding hydrogens is 414 g/mol. The van der Waals surface area contributed by atoms with Crippen LogP contribution >= 0.6 is 0 Å². The SMILES string of the molecule is O=c1c2c([nH]n1-c1ccccc1)C[C@]13CCN(CC4CC4)C(Cc4ccc(O)cc41)[C@]3(O)C2. The van der Waals surface area contributed by atoms with E-state index >= 15 is 0 Å². The number of hydrogen-bond acceptors (Lipinski definition) is 4. The summed E-state index contributed by atoms with van der Waals surface area (Å²) >= 11 is 0. The molecule has 3 aromatic rings. The van der Waals surface area contributed by atoms with Crippen molar-refractivity contribution in [3.05, 3.63) is 81.3 Å². The number of nitrogens with zero attached hydrogens (tertiary/aromatic N) is 2. The fourth-order valence-electron chi connectivity index (χ4n) is 7.04. The molecule has 3 aliphatic carbocycles. The van der Waals surface area contributed by atoms with Gasteiger partial charge in [-0.1, -0.05) is 24.3 Å². The molecular formula is C27H29N3O3. The van der Waals surface area contributed by atoms with E-state index in [1.165, 1.54) is 18.4 Å². The standard InChI is InChI=1S/C27H29N3O3/c31-20-9-8-18-12-24-27(33)14-21-23(28-30(25(21)32)19-4-2-1-3-5-19)15-26(27,22(18)13-20)10-11-29(24)16-17-6-7-17/h1-5,8-9,13,17,24,28,31,33H,6-7,10-12,14-16H2/t24?,26-,27-/m1/s1. The summed E-state index contributed by atoms with van der Waals surface area (Å²) in [5.41, 5.74) is 3.10. The van der Waals surface area contributed by atoms with E-state index in [1.54, 1.807) is 10.7 Å². The summed E-state index contributed by atoms with van der Waals surface area (Å²) in [6, 6.07) is 15.3. The second kappa shape index (κ2) is 6.61. The van der Waals surface area contributed by atoms with Crippen molar-refractivity contribution in [2.45, 2.75) is 55.6 Å². The summed E-state index contributed by atoms with van der Waals surface area (Å²) in [5.74, 6) is 0.981. The molecule has 6 nitrogen and oxygen atoms in total. The summed E-state index contributed by atoms with van der Waals surface area (Å²) < 4.78 is 1.62. The molecule has 0 spiro atoms. The van der Waals surface area contributed by atoms with E-state index in [0.717, 1.165) is 48.8 Å². The minimum atomic E-state index is -1.04. The van der Waals surface area contributed by atoms with E-state index in [2.05, 4.69) is 10.00 Å². The Hall–Kier alpha value is -2.83. The number of aliphatic hydroxyl groups is 1. The topological polar surface area (TPSA) is 81.5 Å². The highest BCUT2D eigenvalue weighted by molar-refractivity contribution is 5.51. The van der Waals surface area contributed by atoms with Crippen LogP contribution in [0.4, 0.5) is 0 Å². The van der Waals surface area contributed by atoms with Gasteiger partial charge in [-0.2, -0.15) is 0 Å². The van der Waals surface area contributed by atoms with Crippen molar-refractivity contribution in [2.24, 2.45) is 5.92 Å². The van der Waals surface area contributed by atoms with Crippen LogP contribution in [0.25, 0.3) is 5.69 Å². The van der Waals surface area contributed by atoms with Crippen LogP contribution < -0.4 is 5.56 Å². The number of phenols is 1. The first-order valence-corrected chi connectivity index (χ1v) is 12.2. The minimum Gasteiger partial charge on any atom is -0.508 e. The number of aromatic amines is 1. The van der Waals surface area contributed by atoms with Crippen LogP contribution in [-0.2, 0) is 24.7 Å². The van der Waals surface area contributed by atoms with Crippen molar-refractivity contribution in [3.8, 4) is 11.4 Å². The first-order chi connectivity index (χ1) is 16.0. The Morgan fingerprint density at radius 3 is 2.70 bits per heavy atom. The van der Waals surface area contributed by atoms with Gasteiger partial charge < -0.3 is 10.2 Å². The molecule has 1 aliphatic heterocycles. The molecule has 1 saturated carbocycles. The van der Waals surface area contributed by atoms with Gasteiger partial charge >= 0.3 is 0 Å². The van der Waals surface area contributed by atoms with E-state index in [4.69, 9.17) is 0 Å². The molecule has 170 valence electrons. The third-order valence-corrected chi connectivity index (χ3v) is 8.87. The lowest BCUT2D eigenvalue weighted by molar-refractivity contribution is -0.152. The van der Waals surface area contributed by atoms with Gasteiger partial charge in [0, 0.05) is 42.1 Å². The lowest BCUT2D eigenvalue weighted by Gasteiger charge is -2.63. The van der Waals surface area contributed by atoms with Crippen LogP contribution in [0.2, 0.25) is 0 Å². The Balaban J connectivity index is 1.41. The van der Waals surface area contributed by atoms with Crippen LogP contribution in [0, 0.1) is 5.92 Å². The zero-order valence-corrected chi connectivity index (χ0v) is 18.6. The maximum absolute atomic E-state index is 13.5. The molecule has 1 aromatic heterocycles. The molecule has 1 saturated heterocycles. The number of phenolic OH excluding ortho intramolecular Hbond substituents is 1. The average molecular weight is 444 g/mol. The van der Waals surface area contributed by atoms with E-state index < -0.39 is 11.0 Å². The zero-order valence-electron chi connectivity index (χ0n) is 18.6. The molecule has 6 heteroatoms.